The molecule has 0 bridgehead atoms. The Balaban J connectivity index is 0.000000187. The predicted octanol–water partition coefficient (Wildman–Crippen LogP) is 0.512. The molecule has 0 radical (unpaired) electrons. The zero-order valence-electron chi connectivity index (χ0n) is 7.44. The number of rotatable bonds is 0. The predicted molar refractivity (Wildman–Crippen MR) is 46.5 cm³/mol. The molecular weight excluding hydrogens is 140 g/mol. The van der Waals surface area contributed by atoms with Crippen molar-refractivity contribution in [3.63, 3.8) is 0 Å². The molecule has 1 rings (SSSR count). The van der Waals surface area contributed by atoms with Crippen molar-refractivity contribution in [3.8, 4) is 0 Å². The van der Waals surface area contributed by atoms with Crippen molar-refractivity contribution in [2.45, 2.75) is 26.2 Å². The lowest BCUT2D eigenvalue weighted by Gasteiger charge is -2.08. The molecule has 2 N–H and O–H groups in total. The van der Waals surface area contributed by atoms with Crippen molar-refractivity contribution in [2.24, 2.45) is 0 Å². The van der Waals surface area contributed by atoms with E-state index in [1.165, 1.54) is 39.3 Å². The summed E-state index contributed by atoms with van der Waals surface area (Å²) in [6, 6.07) is 0. The Morgan fingerprint density at radius 1 is 1.27 bits per heavy atom. The van der Waals surface area contributed by atoms with Gasteiger partial charge in [0.2, 0.25) is 5.91 Å². The molecule has 66 valence electrons. The Morgan fingerprint density at radius 2 is 1.73 bits per heavy atom. The minimum atomic E-state index is 0.00463. The Labute approximate surface area is 68.6 Å². The van der Waals surface area contributed by atoms with Gasteiger partial charge in [-0.05, 0) is 25.9 Å². The molecular formula is C8H18N2O. The van der Waals surface area contributed by atoms with Gasteiger partial charge < -0.3 is 10.6 Å². The van der Waals surface area contributed by atoms with Crippen LogP contribution in [0.15, 0.2) is 0 Å². The first-order chi connectivity index (χ1) is 5.27. The molecule has 1 amide bonds. The molecule has 1 fully saturated rings. The summed E-state index contributed by atoms with van der Waals surface area (Å²) < 4.78 is 0. The topological polar surface area (TPSA) is 41.1 Å². The lowest BCUT2D eigenvalue weighted by Crippen LogP contribution is -2.21. The van der Waals surface area contributed by atoms with Crippen LogP contribution in [0.2, 0.25) is 0 Å². The van der Waals surface area contributed by atoms with Crippen LogP contribution in [0.4, 0.5) is 0 Å². The highest BCUT2D eigenvalue weighted by molar-refractivity contribution is 5.72. The Bertz CT molecular complexity index is 88.8. The average Bonchev–Trinajstić information content (AvgIpc) is 2.09. The number of carbonyl (C=O) groups excluding carboxylic acids is 1. The van der Waals surface area contributed by atoms with Crippen molar-refractivity contribution in [1.29, 1.82) is 0 Å². The van der Waals surface area contributed by atoms with Gasteiger partial charge in [-0.25, -0.2) is 0 Å². The van der Waals surface area contributed by atoms with Gasteiger partial charge in [-0.3, -0.25) is 4.79 Å². The summed E-state index contributed by atoms with van der Waals surface area (Å²) in [5.41, 5.74) is 0. The third kappa shape index (κ3) is 9.43. The zero-order chi connectivity index (χ0) is 8.53. The van der Waals surface area contributed by atoms with Crippen LogP contribution in [0, 0.1) is 0 Å². The number of hydrogen-bond acceptors (Lipinski definition) is 2. The Kier molecular flexibility index (Phi) is 7.15. The second-order valence-corrected chi connectivity index (χ2v) is 2.62. The maximum Gasteiger partial charge on any atom is 0.216 e. The van der Waals surface area contributed by atoms with E-state index in [1.54, 1.807) is 7.05 Å². The second-order valence-electron chi connectivity index (χ2n) is 2.62. The van der Waals surface area contributed by atoms with Crippen LogP contribution in [0.1, 0.15) is 26.2 Å². The zero-order valence-corrected chi connectivity index (χ0v) is 7.44. The molecule has 0 aromatic carbocycles. The molecule has 0 spiro atoms. The SMILES string of the molecule is C1CCNCC1.CNC(C)=O. The molecule has 0 saturated carbocycles. The van der Waals surface area contributed by atoms with Gasteiger partial charge in [0, 0.05) is 14.0 Å². The molecule has 0 aromatic rings. The van der Waals surface area contributed by atoms with Gasteiger partial charge in [-0.1, -0.05) is 6.42 Å². The molecule has 0 unspecified atom stereocenters. The fourth-order valence-corrected chi connectivity index (χ4v) is 0.802. The number of hydrogen-bond donors (Lipinski definition) is 2. The van der Waals surface area contributed by atoms with Gasteiger partial charge >= 0.3 is 0 Å². The smallest absolute Gasteiger partial charge is 0.216 e. The monoisotopic (exact) mass is 158 g/mol. The van der Waals surface area contributed by atoms with Gasteiger partial charge in [0.1, 0.15) is 0 Å². The quantitative estimate of drug-likeness (QED) is 0.539. The van der Waals surface area contributed by atoms with Crippen molar-refractivity contribution < 1.29 is 4.79 Å². The fraction of sp³-hybridized carbons (Fsp3) is 0.875. The number of carbonyl (C=O) groups is 1. The second kappa shape index (κ2) is 7.54. The minimum Gasteiger partial charge on any atom is -0.359 e. The van der Waals surface area contributed by atoms with Gasteiger partial charge in [0.05, 0.1) is 0 Å². The molecule has 0 atom stereocenters. The molecule has 3 nitrogen and oxygen atoms in total. The minimum absolute atomic E-state index is 0.00463. The van der Waals surface area contributed by atoms with Crippen LogP contribution >= 0.6 is 0 Å². The van der Waals surface area contributed by atoms with E-state index in [4.69, 9.17) is 0 Å². The molecule has 3 heteroatoms. The van der Waals surface area contributed by atoms with E-state index in [9.17, 15) is 4.79 Å². The summed E-state index contributed by atoms with van der Waals surface area (Å²) in [6.45, 7) is 3.97. The largest absolute Gasteiger partial charge is 0.359 e. The van der Waals surface area contributed by atoms with Gasteiger partial charge in [-0.15, -0.1) is 0 Å². The van der Waals surface area contributed by atoms with E-state index in [2.05, 4.69) is 10.6 Å². The number of nitrogens with one attached hydrogen (secondary N) is 2. The lowest BCUT2D eigenvalue weighted by molar-refractivity contribution is -0.118. The first-order valence-electron chi connectivity index (χ1n) is 4.16. The van der Waals surface area contributed by atoms with E-state index in [-0.39, 0.29) is 5.91 Å². The highest BCUT2D eigenvalue weighted by Gasteiger charge is 1.93. The van der Waals surface area contributed by atoms with Crippen LogP contribution in [-0.4, -0.2) is 26.0 Å². The van der Waals surface area contributed by atoms with Crippen molar-refractivity contribution in [2.75, 3.05) is 20.1 Å². The van der Waals surface area contributed by atoms with Crippen LogP contribution in [0.3, 0.4) is 0 Å². The summed E-state index contributed by atoms with van der Waals surface area (Å²) in [6.07, 6.45) is 4.22. The number of piperidine rings is 1. The average molecular weight is 158 g/mol. The van der Waals surface area contributed by atoms with Crippen LogP contribution < -0.4 is 10.6 Å². The molecule has 1 heterocycles. The fourth-order valence-electron chi connectivity index (χ4n) is 0.802. The van der Waals surface area contributed by atoms with E-state index < -0.39 is 0 Å². The molecule has 1 aliphatic rings. The third-order valence-electron chi connectivity index (χ3n) is 1.56. The summed E-state index contributed by atoms with van der Waals surface area (Å²) >= 11 is 0. The third-order valence-corrected chi connectivity index (χ3v) is 1.56. The van der Waals surface area contributed by atoms with Crippen molar-refractivity contribution in [1.82, 2.24) is 10.6 Å². The van der Waals surface area contributed by atoms with E-state index in [1.807, 2.05) is 0 Å². The van der Waals surface area contributed by atoms with Gasteiger partial charge in [0.15, 0.2) is 0 Å². The summed E-state index contributed by atoms with van der Waals surface area (Å²) in [5, 5.41) is 5.67. The van der Waals surface area contributed by atoms with Crippen LogP contribution in [-0.2, 0) is 4.79 Å². The lowest BCUT2D eigenvalue weighted by atomic mass is 10.2. The first-order valence-corrected chi connectivity index (χ1v) is 4.16. The molecule has 11 heavy (non-hydrogen) atoms. The summed E-state index contributed by atoms with van der Waals surface area (Å²) in [4.78, 5) is 9.70. The molecule has 1 aliphatic heterocycles. The molecule has 1 saturated heterocycles. The summed E-state index contributed by atoms with van der Waals surface area (Å²) in [7, 11) is 1.60. The summed E-state index contributed by atoms with van der Waals surface area (Å²) in [5.74, 6) is 0.00463. The Hall–Kier alpha value is -0.570. The van der Waals surface area contributed by atoms with Gasteiger partial charge in [0.25, 0.3) is 0 Å². The van der Waals surface area contributed by atoms with Gasteiger partial charge in [-0.2, -0.15) is 0 Å². The van der Waals surface area contributed by atoms with E-state index >= 15 is 0 Å². The standard InChI is InChI=1S/C5H11N.C3H7NO/c1-2-4-6-5-3-1;1-3(5)4-2/h6H,1-5H2;1-2H3,(H,4,5). The van der Waals surface area contributed by atoms with Crippen LogP contribution in [0.25, 0.3) is 0 Å². The first kappa shape index (κ1) is 10.4. The van der Waals surface area contributed by atoms with Crippen LogP contribution in [0.5, 0.6) is 0 Å². The Morgan fingerprint density at radius 3 is 1.82 bits per heavy atom. The normalized spacial score (nSPS) is 16.2. The number of amides is 1. The van der Waals surface area contributed by atoms with E-state index in [0.717, 1.165) is 0 Å². The highest BCUT2D eigenvalue weighted by Crippen LogP contribution is 1.96. The maximum absolute atomic E-state index is 9.70. The van der Waals surface area contributed by atoms with E-state index in [0.29, 0.717) is 0 Å². The maximum atomic E-state index is 9.70. The van der Waals surface area contributed by atoms with Crippen molar-refractivity contribution in [3.05, 3.63) is 0 Å². The highest BCUT2D eigenvalue weighted by atomic mass is 16.1. The van der Waals surface area contributed by atoms with Crippen molar-refractivity contribution >= 4 is 5.91 Å². The molecule has 0 aliphatic carbocycles. The molecule has 0 aromatic heterocycles.